The van der Waals surface area contributed by atoms with Crippen LogP contribution in [0.4, 0.5) is 0 Å². The first-order valence-corrected chi connectivity index (χ1v) is 7.57. The Kier molecular flexibility index (Phi) is 5.19. The van der Waals surface area contributed by atoms with Crippen molar-refractivity contribution in [3.05, 3.63) is 56.6 Å². The van der Waals surface area contributed by atoms with Gasteiger partial charge in [-0.1, -0.05) is 29.3 Å². The SMILES string of the molecule is CCOC(=O)C1=C(C)OC(N)=C(C#N)[C@H]1c1c(Cl)cccc1Cl. The summed E-state index contributed by atoms with van der Waals surface area (Å²) in [4.78, 5) is 12.4. The molecule has 1 atom stereocenters. The van der Waals surface area contributed by atoms with Crippen LogP contribution in [-0.2, 0) is 14.3 Å². The highest BCUT2D eigenvalue weighted by molar-refractivity contribution is 6.36. The zero-order valence-corrected chi connectivity index (χ0v) is 14.0. The molecular weight excluding hydrogens is 339 g/mol. The number of esters is 1. The smallest absolute Gasteiger partial charge is 0.338 e. The van der Waals surface area contributed by atoms with E-state index in [0.29, 0.717) is 15.6 Å². The summed E-state index contributed by atoms with van der Waals surface area (Å²) in [7, 11) is 0. The van der Waals surface area contributed by atoms with Crippen LogP contribution in [0.3, 0.4) is 0 Å². The predicted molar refractivity (Wildman–Crippen MR) is 86.4 cm³/mol. The van der Waals surface area contributed by atoms with Crippen molar-refractivity contribution in [2.45, 2.75) is 19.8 Å². The highest BCUT2D eigenvalue weighted by Gasteiger charge is 2.38. The highest BCUT2D eigenvalue weighted by atomic mass is 35.5. The van der Waals surface area contributed by atoms with E-state index in [1.54, 1.807) is 32.0 Å². The molecule has 0 amide bonds. The lowest BCUT2D eigenvalue weighted by Gasteiger charge is -2.27. The van der Waals surface area contributed by atoms with E-state index in [1.165, 1.54) is 0 Å². The molecule has 0 aliphatic carbocycles. The Bertz CT molecular complexity index is 743. The first-order valence-electron chi connectivity index (χ1n) is 6.81. The monoisotopic (exact) mass is 352 g/mol. The zero-order chi connectivity index (χ0) is 17.1. The minimum atomic E-state index is -0.839. The molecule has 0 radical (unpaired) electrons. The van der Waals surface area contributed by atoms with Crippen LogP contribution in [0.15, 0.2) is 41.0 Å². The fourth-order valence-electron chi connectivity index (χ4n) is 2.43. The van der Waals surface area contributed by atoms with Crippen molar-refractivity contribution in [2.75, 3.05) is 6.61 Å². The van der Waals surface area contributed by atoms with E-state index in [1.807, 2.05) is 6.07 Å². The van der Waals surface area contributed by atoms with Crippen LogP contribution in [0.5, 0.6) is 0 Å². The van der Waals surface area contributed by atoms with Crippen molar-refractivity contribution in [1.82, 2.24) is 0 Å². The molecule has 120 valence electrons. The molecule has 0 aromatic heterocycles. The molecule has 1 aromatic rings. The van der Waals surface area contributed by atoms with Crippen molar-refractivity contribution in [2.24, 2.45) is 5.73 Å². The molecule has 1 aromatic carbocycles. The van der Waals surface area contributed by atoms with Crippen LogP contribution in [-0.4, -0.2) is 12.6 Å². The first-order chi connectivity index (χ1) is 10.9. The van der Waals surface area contributed by atoms with Gasteiger partial charge >= 0.3 is 5.97 Å². The summed E-state index contributed by atoms with van der Waals surface area (Å²) in [6, 6.07) is 6.90. The Hall–Kier alpha value is -2.16. The molecule has 1 heterocycles. The minimum absolute atomic E-state index is 0.0636. The van der Waals surface area contributed by atoms with Crippen LogP contribution in [0.2, 0.25) is 10.0 Å². The number of ether oxygens (including phenoxy) is 2. The Morgan fingerprint density at radius 1 is 1.43 bits per heavy atom. The van der Waals surface area contributed by atoms with E-state index >= 15 is 0 Å². The number of benzene rings is 1. The second-order valence-corrected chi connectivity index (χ2v) is 5.56. The third-order valence-corrected chi connectivity index (χ3v) is 4.05. The lowest BCUT2D eigenvalue weighted by atomic mass is 9.83. The third-order valence-electron chi connectivity index (χ3n) is 3.39. The molecule has 0 unspecified atom stereocenters. The van der Waals surface area contributed by atoms with E-state index in [9.17, 15) is 10.1 Å². The Labute approximate surface area is 143 Å². The third kappa shape index (κ3) is 3.14. The summed E-state index contributed by atoms with van der Waals surface area (Å²) < 4.78 is 10.4. The molecule has 7 heteroatoms. The number of carbonyl (C=O) groups excluding carboxylic acids is 1. The average molecular weight is 353 g/mol. The van der Waals surface area contributed by atoms with Gasteiger partial charge in [-0.15, -0.1) is 0 Å². The van der Waals surface area contributed by atoms with E-state index < -0.39 is 11.9 Å². The van der Waals surface area contributed by atoms with E-state index in [-0.39, 0.29) is 29.4 Å². The van der Waals surface area contributed by atoms with Gasteiger partial charge in [0.15, 0.2) is 0 Å². The quantitative estimate of drug-likeness (QED) is 0.839. The number of hydrogen-bond donors (Lipinski definition) is 1. The molecule has 0 fully saturated rings. The molecule has 0 saturated carbocycles. The molecule has 0 bridgehead atoms. The second-order valence-electron chi connectivity index (χ2n) is 4.75. The highest BCUT2D eigenvalue weighted by Crippen LogP contribution is 2.44. The van der Waals surface area contributed by atoms with Gasteiger partial charge in [-0.05, 0) is 26.0 Å². The van der Waals surface area contributed by atoms with Gasteiger partial charge in [-0.2, -0.15) is 5.26 Å². The van der Waals surface area contributed by atoms with Gasteiger partial charge in [-0.3, -0.25) is 0 Å². The Morgan fingerprint density at radius 2 is 2.04 bits per heavy atom. The van der Waals surface area contributed by atoms with Gasteiger partial charge < -0.3 is 15.2 Å². The number of halogens is 2. The number of nitrogens with two attached hydrogens (primary N) is 1. The Morgan fingerprint density at radius 3 is 2.57 bits per heavy atom. The maximum atomic E-state index is 12.4. The summed E-state index contributed by atoms with van der Waals surface area (Å²) in [5.41, 5.74) is 6.45. The van der Waals surface area contributed by atoms with E-state index in [0.717, 1.165) is 0 Å². The van der Waals surface area contributed by atoms with Crippen molar-refractivity contribution in [1.29, 1.82) is 5.26 Å². The fraction of sp³-hybridized carbons (Fsp3) is 0.250. The normalized spacial score (nSPS) is 17.6. The van der Waals surface area contributed by atoms with Crippen molar-refractivity contribution in [3.8, 4) is 6.07 Å². The lowest BCUT2D eigenvalue weighted by molar-refractivity contribution is -0.139. The van der Waals surface area contributed by atoms with Gasteiger partial charge in [0, 0.05) is 15.6 Å². The molecule has 5 nitrogen and oxygen atoms in total. The van der Waals surface area contributed by atoms with Crippen molar-refractivity contribution < 1.29 is 14.3 Å². The average Bonchev–Trinajstić information content (AvgIpc) is 2.47. The molecule has 1 aliphatic rings. The molecule has 2 N–H and O–H groups in total. The predicted octanol–water partition coefficient (Wildman–Crippen LogP) is 3.64. The summed E-state index contributed by atoms with van der Waals surface area (Å²) in [6.45, 7) is 3.44. The maximum absolute atomic E-state index is 12.4. The molecular formula is C16H14Cl2N2O3. The first kappa shape index (κ1) is 17.2. The van der Waals surface area contributed by atoms with Crippen LogP contribution >= 0.6 is 23.2 Å². The van der Waals surface area contributed by atoms with Gasteiger partial charge in [-0.25, -0.2) is 4.79 Å². The number of nitriles is 1. The van der Waals surface area contributed by atoms with E-state index in [4.69, 9.17) is 38.4 Å². The van der Waals surface area contributed by atoms with Gasteiger partial charge in [0.2, 0.25) is 5.88 Å². The zero-order valence-electron chi connectivity index (χ0n) is 12.5. The molecule has 23 heavy (non-hydrogen) atoms. The number of carbonyl (C=O) groups is 1. The molecule has 2 rings (SSSR count). The second kappa shape index (κ2) is 6.95. The number of nitrogens with zero attached hydrogens (tertiary/aromatic N) is 1. The summed E-state index contributed by atoms with van der Waals surface area (Å²) >= 11 is 12.5. The molecule has 0 saturated heterocycles. The van der Waals surface area contributed by atoms with Gasteiger partial charge in [0.05, 0.1) is 18.1 Å². The van der Waals surface area contributed by atoms with Gasteiger partial charge in [0.25, 0.3) is 0 Å². The lowest BCUT2D eigenvalue weighted by Crippen LogP contribution is -2.26. The van der Waals surface area contributed by atoms with Crippen LogP contribution in [0.1, 0.15) is 25.3 Å². The maximum Gasteiger partial charge on any atom is 0.338 e. The summed E-state index contributed by atoms with van der Waals surface area (Å²) in [5, 5.41) is 10.1. The minimum Gasteiger partial charge on any atom is -0.463 e. The summed E-state index contributed by atoms with van der Waals surface area (Å²) in [5.74, 6) is -1.28. The largest absolute Gasteiger partial charge is 0.463 e. The summed E-state index contributed by atoms with van der Waals surface area (Å²) in [6.07, 6.45) is 0. The standard InChI is InChI=1S/C16H14Cl2N2O3/c1-3-22-16(21)12-8(2)23-15(20)9(7-19)13(12)14-10(17)5-4-6-11(14)18/h4-6,13H,3,20H2,1-2H3/t13-/m1/s1. The van der Waals surface area contributed by atoms with E-state index in [2.05, 4.69) is 0 Å². The fourth-order valence-corrected chi connectivity index (χ4v) is 3.05. The number of allylic oxidation sites excluding steroid dienone is 2. The van der Waals surface area contributed by atoms with Crippen LogP contribution in [0, 0.1) is 11.3 Å². The molecule has 1 aliphatic heterocycles. The number of hydrogen-bond acceptors (Lipinski definition) is 5. The van der Waals surface area contributed by atoms with Crippen molar-refractivity contribution >= 4 is 29.2 Å². The van der Waals surface area contributed by atoms with Crippen LogP contribution < -0.4 is 5.73 Å². The topological polar surface area (TPSA) is 85.3 Å². The van der Waals surface area contributed by atoms with Crippen molar-refractivity contribution in [3.63, 3.8) is 0 Å². The Balaban J connectivity index is 2.72. The number of rotatable bonds is 3. The molecule has 0 spiro atoms. The van der Waals surface area contributed by atoms with Gasteiger partial charge in [0.1, 0.15) is 17.4 Å². The van der Waals surface area contributed by atoms with Crippen LogP contribution in [0.25, 0.3) is 0 Å².